The first-order valence-electron chi connectivity index (χ1n) is 13.4. The molecule has 5 heteroatoms. The number of phenolic OH excluding ortho intramolecular Hbond substituents is 2. The van der Waals surface area contributed by atoms with Gasteiger partial charge in [-0.05, 0) is 54.6 Å². The number of benzene rings is 7. The summed E-state index contributed by atoms with van der Waals surface area (Å²) in [5.74, 6) is -0.871. The van der Waals surface area contributed by atoms with Gasteiger partial charge in [-0.1, -0.05) is 126 Å². The van der Waals surface area contributed by atoms with E-state index in [2.05, 4.69) is 78.9 Å². The SMILES string of the molecule is [B]c1c([B])c(O)c(O)c(-c2c3ccccc3c(-c3ccc(-c4cccc5ccccc45)cc3)c3ccccc23)c1[B]. The zero-order valence-electron chi connectivity index (χ0n) is 22.1. The summed E-state index contributed by atoms with van der Waals surface area (Å²) in [6.45, 7) is 0. The van der Waals surface area contributed by atoms with Crippen molar-refractivity contribution in [3.05, 3.63) is 115 Å². The molecule has 41 heavy (non-hydrogen) atoms. The lowest BCUT2D eigenvalue weighted by atomic mass is 9.68. The summed E-state index contributed by atoms with van der Waals surface area (Å²) < 4.78 is 0. The van der Waals surface area contributed by atoms with Crippen LogP contribution in [0.2, 0.25) is 0 Å². The molecule has 0 heterocycles. The van der Waals surface area contributed by atoms with Crippen molar-refractivity contribution in [1.82, 2.24) is 0 Å². The van der Waals surface area contributed by atoms with Crippen molar-refractivity contribution in [1.29, 1.82) is 0 Å². The van der Waals surface area contributed by atoms with E-state index in [1.54, 1.807) is 0 Å². The minimum Gasteiger partial charge on any atom is -0.505 e. The number of fused-ring (bicyclic) bond motifs is 3. The molecule has 0 spiro atoms. The van der Waals surface area contributed by atoms with Crippen LogP contribution in [-0.2, 0) is 0 Å². The Morgan fingerprint density at radius 1 is 0.366 bits per heavy atom. The molecule has 2 N–H and O–H groups in total. The summed E-state index contributed by atoms with van der Waals surface area (Å²) in [4.78, 5) is 0. The highest BCUT2D eigenvalue weighted by Gasteiger charge is 2.23. The van der Waals surface area contributed by atoms with Gasteiger partial charge in [0.25, 0.3) is 0 Å². The smallest absolute Gasteiger partial charge is 0.164 e. The number of hydrogen-bond acceptors (Lipinski definition) is 2. The van der Waals surface area contributed by atoms with E-state index in [0.29, 0.717) is 5.56 Å². The molecule has 0 unspecified atom stereocenters. The molecule has 0 saturated heterocycles. The third-order valence-corrected chi connectivity index (χ3v) is 8.02. The predicted octanol–water partition coefficient (Wildman–Crippen LogP) is 5.94. The van der Waals surface area contributed by atoms with Gasteiger partial charge in [0, 0.05) is 11.1 Å². The van der Waals surface area contributed by atoms with E-state index in [1.165, 1.54) is 16.3 Å². The maximum Gasteiger partial charge on any atom is 0.164 e. The number of aromatic hydroxyl groups is 2. The van der Waals surface area contributed by atoms with Crippen molar-refractivity contribution >= 4 is 72.2 Å². The van der Waals surface area contributed by atoms with Gasteiger partial charge < -0.3 is 10.2 Å². The van der Waals surface area contributed by atoms with Gasteiger partial charge in [0.15, 0.2) is 5.75 Å². The van der Waals surface area contributed by atoms with Crippen molar-refractivity contribution in [2.24, 2.45) is 0 Å². The van der Waals surface area contributed by atoms with Crippen LogP contribution in [0.25, 0.3) is 65.7 Å². The summed E-state index contributed by atoms with van der Waals surface area (Å²) in [6, 6.07) is 39.4. The lowest BCUT2D eigenvalue weighted by molar-refractivity contribution is 0.409. The molecular formula is C36H21B3O2. The molecule has 0 aliphatic carbocycles. The lowest BCUT2D eigenvalue weighted by Crippen LogP contribution is -2.40. The van der Waals surface area contributed by atoms with Crippen LogP contribution in [0.3, 0.4) is 0 Å². The molecule has 0 bridgehead atoms. The minimum atomic E-state index is -0.479. The largest absolute Gasteiger partial charge is 0.505 e. The molecule has 7 aromatic carbocycles. The molecule has 0 fully saturated rings. The fourth-order valence-electron chi connectivity index (χ4n) is 6.04. The second kappa shape index (κ2) is 9.64. The summed E-state index contributed by atoms with van der Waals surface area (Å²) in [6.07, 6.45) is 0. The molecule has 2 nitrogen and oxygen atoms in total. The van der Waals surface area contributed by atoms with Gasteiger partial charge in [-0.25, -0.2) is 0 Å². The van der Waals surface area contributed by atoms with Gasteiger partial charge >= 0.3 is 0 Å². The van der Waals surface area contributed by atoms with Gasteiger partial charge in [-0.3, -0.25) is 0 Å². The molecule has 0 amide bonds. The van der Waals surface area contributed by atoms with E-state index in [-0.39, 0.29) is 22.0 Å². The summed E-state index contributed by atoms with van der Waals surface area (Å²) in [7, 11) is 18.6. The third-order valence-electron chi connectivity index (χ3n) is 8.02. The van der Waals surface area contributed by atoms with E-state index < -0.39 is 11.5 Å². The first kappa shape index (κ1) is 25.1. The van der Waals surface area contributed by atoms with E-state index in [9.17, 15) is 10.2 Å². The van der Waals surface area contributed by atoms with Crippen LogP contribution in [0, 0.1) is 0 Å². The fraction of sp³-hybridized carbons (Fsp3) is 0. The zero-order chi connectivity index (χ0) is 28.2. The van der Waals surface area contributed by atoms with Crippen LogP contribution in [-0.4, -0.2) is 33.8 Å². The Bertz CT molecular complexity index is 2060. The lowest BCUT2D eigenvalue weighted by Gasteiger charge is -2.22. The summed E-state index contributed by atoms with van der Waals surface area (Å²) >= 11 is 0. The molecule has 7 rings (SSSR count). The maximum atomic E-state index is 11.1. The molecule has 0 aliphatic rings. The van der Waals surface area contributed by atoms with Crippen LogP contribution in [0.15, 0.2) is 115 Å². The highest BCUT2D eigenvalue weighted by atomic mass is 16.3. The molecule has 0 aliphatic heterocycles. The Labute approximate surface area is 242 Å². The van der Waals surface area contributed by atoms with Crippen molar-refractivity contribution in [3.8, 4) is 44.9 Å². The van der Waals surface area contributed by atoms with Crippen LogP contribution in [0.1, 0.15) is 0 Å². The van der Waals surface area contributed by atoms with Gasteiger partial charge in [-0.2, -0.15) is 0 Å². The molecule has 0 atom stereocenters. The average molecular weight is 518 g/mol. The highest BCUT2D eigenvalue weighted by Crippen LogP contribution is 2.46. The summed E-state index contributed by atoms with van der Waals surface area (Å²) in [5, 5.41) is 27.8. The minimum absolute atomic E-state index is 0.0385. The van der Waals surface area contributed by atoms with Crippen LogP contribution in [0.5, 0.6) is 11.5 Å². The fourth-order valence-corrected chi connectivity index (χ4v) is 6.04. The summed E-state index contributed by atoms with van der Waals surface area (Å²) in [5.41, 5.74) is 5.42. The van der Waals surface area contributed by atoms with Crippen LogP contribution < -0.4 is 16.4 Å². The van der Waals surface area contributed by atoms with Gasteiger partial charge in [-0.15, -0.1) is 5.46 Å². The van der Waals surface area contributed by atoms with E-state index in [1.807, 2.05) is 36.4 Å². The monoisotopic (exact) mass is 518 g/mol. The predicted molar refractivity (Wildman–Crippen MR) is 175 cm³/mol. The Kier molecular flexibility index (Phi) is 5.90. The van der Waals surface area contributed by atoms with Crippen molar-refractivity contribution < 1.29 is 10.2 Å². The standard InChI is InChI=1S/C36H21B3O2/c37-32-31(35(40)36(41)34(39)33(32)38)30-27-13-5-3-11-25(27)29(26-12-4-6-14-28(26)30)22-18-16-21(17-19-22)24-15-7-9-20-8-1-2-10-23(20)24/h1-19,40-41H. The molecule has 6 radical (unpaired) electrons. The normalized spacial score (nSPS) is 11.4. The third kappa shape index (κ3) is 3.84. The average Bonchev–Trinajstić information content (AvgIpc) is 3.02. The van der Waals surface area contributed by atoms with E-state index >= 15 is 0 Å². The van der Waals surface area contributed by atoms with E-state index in [0.717, 1.165) is 38.2 Å². The number of rotatable bonds is 3. The molecule has 0 aromatic heterocycles. The zero-order valence-corrected chi connectivity index (χ0v) is 22.1. The van der Waals surface area contributed by atoms with Gasteiger partial charge in [0.1, 0.15) is 29.3 Å². The van der Waals surface area contributed by atoms with Crippen molar-refractivity contribution in [2.75, 3.05) is 0 Å². The quantitative estimate of drug-likeness (QED) is 0.173. The topological polar surface area (TPSA) is 40.5 Å². The molecule has 0 saturated carbocycles. The first-order chi connectivity index (χ1) is 20.0. The van der Waals surface area contributed by atoms with E-state index in [4.69, 9.17) is 23.5 Å². The van der Waals surface area contributed by atoms with Gasteiger partial charge in [0.05, 0.1) is 0 Å². The first-order valence-corrected chi connectivity index (χ1v) is 13.4. The number of hydrogen-bond donors (Lipinski definition) is 2. The number of phenols is 2. The second-order valence-corrected chi connectivity index (χ2v) is 10.3. The van der Waals surface area contributed by atoms with Crippen molar-refractivity contribution in [3.63, 3.8) is 0 Å². The Balaban J connectivity index is 1.51. The van der Waals surface area contributed by atoms with Crippen molar-refractivity contribution in [2.45, 2.75) is 0 Å². The van der Waals surface area contributed by atoms with Gasteiger partial charge in [0.2, 0.25) is 0 Å². The maximum absolute atomic E-state index is 11.1. The Morgan fingerprint density at radius 2 is 0.854 bits per heavy atom. The molecular weight excluding hydrogens is 497 g/mol. The van der Waals surface area contributed by atoms with Crippen LogP contribution >= 0.6 is 0 Å². The highest BCUT2D eigenvalue weighted by molar-refractivity contribution is 6.60. The van der Waals surface area contributed by atoms with Crippen LogP contribution in [0.4, 0.5) is 0 Å². The Morgan fingerprint density at radius 3 is 1.46 bits per heavy atom. The Hall–Kier alpha value is -4.89. The second-order valence-electron chi connectivity index (χ2n) is 10.3. The molecule has 186 valence electrons. The molecule has 7 aromatic rings.